The fourth-order valence-electron chi connectivity index (χ4n) is 3.86. The van der Waals surface area contributed by atoms with Gasteiger partial charge >= 0.3 is 6.03 Å². The van der Waals surface area contributed by atoms with Crippen molar-refractivity contribution < 1.29 is 9.59 Å². The van der Waals surface area contributed by atoms with Crippen LogP contribution in [-0.2, 0) is 4.79 Å². The van der Waals surface area contributed by atoms with Gasteiger partial charge in [0, 0.05) is 17.8 Å². The molecule has 3 rings (SSSR count). The number of rotatable bonds is 4. The number of amides is 3. The molecular weight excluding hydrogens is 266 g/mol. The number of urea groups is 1. The minimum absolute atomic E-state index is 0.0863. The van der Waals surface area contributed by atoms with Crippen LogP contribution in [0.25, 0.3) is 0 Å². The first-order valence-corrected chi connectivity index (χ1v) is 7.56. The zero-order valence-electron chi connectivity index (χ0n) is 12.0. The van der Waals surface area contributed by atoms with E-state index in [-0.39, 0.29) is 5.91 Å². The molecule has 112 valence electrons. The predicted molar refractivity (Wildman–Crippen MR) is 81.8 cm³/mol. The number of hydrogen-bond donors (Lipinski definition) is 3. The van der Waals surface area contributed by atoms with Crippen LogP contribution in [0.2, 0.25) is 0 Å². The van der Waals surface area contributed by atoms with Gasteiger partial charge in [-0.3, -0.25) is 4.79 Å². The summed E-state index contributed by atoms with van der Waals surface area (Å²) in [5.74, 6) is 2.29. The molecular formula is C16H21N3O2. The Kier molecular flexibility index (Phi) is 3.82. The van der Waals surface area contributed by atoms with E-state index in [9.17, 15) is 9.59 Å². The molecule has 0 heterocycles. The Hall–Kier alpha value is -2.04. The molecule has 5 nitrogen and oxygen atoms in total. The number of anilines is 2. The minimum Gasteiger partial charge on any atom is -0.351 e. The maximum atomic E-state index is 12.1. The van der Waals surface area contributed by atoms with Crippen molar-refractivity contribution >= 4 is 23.3 Å². The summed E-state index contributed by atoms with van der Waals surface area (Å²) in [6.07, 6.45) is 5.83. The van der Waals surface area contributed by atoms with E-state index < -0.39 is 6.03 Å². The Labute approximate surface area is 124 Å². The summed E-state index contributed by atoms with van der Waals surface area (Å²) in [6, 6.07) is 6.38. The largest absolute Gasteiger partial charge is 0.351 e. The summed E-state index contributed by atoms with van der Waals surface area (Å²) in [5.41, 5.74) is 6.41. The van der Waals surface area contributed by atoms with Gasteiger partial charge in [-0.25, -0.2) is 4.79 Å². The van der Waals surface area contributed by atoms with Crippen molar-refractivity contribution in [2.45, 2.75) is 32.1 Å². The van der Waals surface area contributed by atoms with Gasteiger partial charge in [-0.1, -0.05) is 6.42 Å². The number of carbonyl (C=O) groups is 2. The molecule has 2 fully saturated rings. The van der Waals surface area contributed by atoms with E-state index in [1.54, 1.807) is 24.3 Å². The highest BCUT2D eigenvalue weighted by molar-refractivity contribution is 5.92. The van der Waals surface area contributed by atoms with Crippen molar-refractivity contribution in [3.8, 4) is 0 Å². The fraction of sp³-hybridized carbons (Fsp3) is 0.500. The maximum absolute atomic E-state index is 12.1. The number of nitrogens with one attached hydrogen (secondary N) is 2. The first kappa shape index (κ1) is 13.9. The van der Waals surface area contributed by atoms with Crippen molar-refractivity contribution in [2.75, 3.05) is 10.6 Å². The third kappa shape index (κ3) is 3.35. The molecule has 2 aliphatic rings. The second kappa shape index (κ2) is 5.76. The summed E-state index contributed by atoms with van der Waals surface area (Å²) in [5, 5.41) is 5.41. The third-order valence-electron chi connectivity index (χ3n) is 4.77. The molecule has 2 bridgehead atoms. The van der Waals surface area contributed by atoms with Crippen molar-refractivity contribution in [1.29, 1.82) is 0 Å². The highest BCUT2D eigenvalue weighted by Crippen LogP contribution is 2.49. The molecule has 2 aliphatic carbocycles. The number of nitrogens with two attached hydrogens (primary N) is 1. The van der Waals surface area contributed by atoms with Gasteiger partial charge in [0.15, 0.2) is 0 Å². The standard InChI is InChI=1S/C16H21N3O2/c17-16(21)19-14-5-3-13(4-6-14)18-15(20)9-12-8-10-1-2-11(12)7-10/h3-6,10-12H,1-2,7-9H2,(H,18,20)(H3,17,19,21). The summed E-state index contributed by atoms with van der Waals surface area (Å²) < 4.78 is 0. The molecule has 0 aliphatic heterocycles. The van der Waals surface area contributed by atoms with Gasteiger partial charge in [-0.15, -0.1) is 0 Å². The van der Waals surface area contributed by atoms with E-state index >= 15 is 0 Å². The summed E-state index contributed by atoms with van der Waals surface area (Å²) in [7, 11) is 0. The van der Waals surface area contributed by atoms with Gasteiger partial charge in [-0.2, -0.15) is 0 Å². The molecule has 3 amide bonds. The van der Waals surface area contributed by atoms with Gasteiger partial charge in [0.2, 0.25) is 5.91 Å². The maximum Gasteiger partial charge on any atom is 0.316 e. The van der Waals surface area contributed by atoms with Crippen molar-refractivity contribution in [2.24, 2.45) is 23.5 Å². The number of fused-ring (bicyclic) bond motifs is 2. The Bertz CT molecular complexity index is 541. The third-order valence-corrected chi connectivity index (χ3v) is 4.77. The normalized spacial score (nSPS) is 26.6. The number of primary amides is 1. The van der Waals surface area contributed by atoms with E-state index in [1.165, 1.54) is 25.7 Å². The fourth-order valence-corrected chi connectivity index (χ4v) is 3.86. The average molecular weight is 287 g/mol. The Morgan fingerprint density at radius 2 is 1.71 bits per heavy atom. The first-order chi connectivity index (χ1) is 10.1. The molecule has 2 saturated carbocycles. The molecule has 1 aromatic rings. The lowest BCUT2D eigenvalue weighted by Gasteiger charge is -2.20. The van der Waals surface area contributed by atoms with E-state index in [2.05, 4.69) is 10.6 Å². The average Bonchev–Trinajstić information content (AvgIpc) is 3.02. The van der Waals surface area contributed by atoms with Crippen molar-refractivity contribution in [1.82, 2.24) is 0 Å². The van der Waals surface area contributed by atoms with Crippen LogP contribution in [-0.4, -0.2) is 11.9 Å². The molecule has 3 atom stereocenters. The first-order valence-electron chi connectivity index (χ1n) is 7.56. The number of carbonyl (C=O) groups excluding carboxylic acids is 2. The monoisotopic (exact) mass is 287 g/mol. The van der Waals surface area contributed by atoms with Crippen LogP contribution in [0.4, 0.5) is 16.2 Å². The van der Waals surface area contributed by atoms with Gasteiger partial charge < -0.3 is 16.4 Å². The van der Waals surface area contributed by atoms with Crippen molar-refractivity contribution in [3.63, 3.8) is 0 Å². The highest BCUT2D eigenvalue weighted by Gasteiger charge is 2.40. The molecule has 0 saturated heterocycles. The van der Waals surface area contributed by atoms with Gasteiger partial charge in [-0.05, 0) is 61.3 Å². The highest BCUT2D eigenvalue weighted by atomic mass is 16.2. The smallest absolute Gasteiger partial charge is 0.316 e. The SMILES string of the molecule is NC(=O)Nc1ccc(NC(=O)CC2CC3CCC2C3)cc1. The van der Waals surface area contributed by atoms with Crippen LogP contribution >= 0.6 is 0 Å². The lowest BCUT2D eigenvalue weighted by atomic mass is 9.86. The summed E-state index contributed by atoms with van der Waals surface area (Å²) in [4.78, 5) is 22.8. The zero-order chi connectivity index (χ0) is 14.8. The van der Waals surface area contributed by atoms with Crippen LogP contribution in [0.3, 0.4) is 0 Å². The van der Waals surface area contributed by atoms with Crippen LogP contribution in [0.5, 0.6) is 0 Å². The Morgan fingerprint density at radius 3 is 2.24 bits per heavy atom. The quantitative estimate of drug-likeness (QED) is 0.795. The second-order valence-electron chi connectivity index (χ2n) is 6.25. The molecule has 4 N–H and O–H groups in total. The van der Waals surface area contributed by atoms with E-state index in [1.807, 2.05) is 0 Å². The number of hydrogen-bond acceptors (Lipinski definition) is 2. The van der Waals surface area contributed by atoms with Gasteiger partial charge in [0.25, 0.3) is 0 Å². The van der Waals surface area contributed by atoms with E-state index in [4.69, 9.17) is 5.73 Å². The molecule has 0 spiro atoms. The topological polar surface area (TPSA) is 84.2 Å². The molecule has 0 aromatic heterocycles. The molecule has 3 unspecified atom stereocenters. The Balaban J connectivity index is 1.51. The van der Waals surface area contributed by atoms with Crippen LogP contribution in [0.1, 0.15) is 32.1 Å². The molecule has 1 aromatic carbocycles. The lowest BCUT2D eigenvalue weighted by molar-refractivity contribution is -0.117. The lowest BCUT2D eigenvalue weighted by Crippen LogP contribution is -2.20. The van der Waals surface area contributed by atoms with Crippen LogP contribution < -0.4 is 16.4 Å². The minimum atomic E-state index is -0.594. The Morgan fingerprint density at radius 1 is 1.05 bits per heavy atom. The van der Waals surface area contributed by atoms with Gasteiger partial charge in [0.1, 0.15) is 0 Å². The molecule has 5 heteroatoms. The van der Waals surface area contributed by atoms with Crippen LogP contribution in [0.15, 0.2) is 24.3 Å². The molecule has 21 heavy (non-hydrogen) atoms. The summed E-state index contributed by atoms with van der Waals surface area (Å²) >= 11 is 0. The van der Waals surface area contributed by atoms with Gasteiger partial charge in [0.05, 0.1) is 0 Å². The van der Waals surface area contributed by atoms with E-state index in [0.29, 0.717) is 18.0 Å². The predicted octanol–water partition coefficient (Wildman–Crippen LogP) is 2.94. The second-order valence-corrected chi connectivity index (χ2v) is 6.25. The summed E-state index contributed by atoms with van der Waals surface area (Å²) in [6.45, 7) is 0. The molecule has 0 radical (unpaired) electrons. The number of benzene rings is 1. The van der Waals surface area contributed by atoms with Crippen molar-refractivity contribution in [3.05, 3.63) is 24.3 Å². The van der Waals surface area contributed by atoms with E-state index in [0.717, 1.165) is 17.5 Å². The zero-order valence-corrected chi connectivity index (χ0v) is 12.0. The van der Waals surface area contributed by atoms with Crippen LogP contribution in [0, 0.1) is 17.8 Å².